The Labute approximate surface area is 113 Å². The molecule has 0 fully saturated rings. The van der Waals surface area contributed by atoms with Gasteiger partial charge in [0, 0.05) is 0 Å². The van der Waals surface area contributed by atoms with Gasteiger partial charge in [0.1, 0.15) is 11.5 Å². The van der Waals surface area contributed by atoms with Crippen molar-refractivity contribution in [3.05, 3.63) is 53.1 Å². The van der Waals surface area contributed by atoms with Gasteiger partial charge < -0.3 is 17.2 Å². The van der Waals surface area contributed by atoms with Crippen LogP contribution in [0.4, 0.5) is 34.6 Å². The van der Waals surface area contributed by atoms with E-state index in [1.54, 1.807) is 19.1 Å². The number of nitrogens with two attached hydrogens (primary N) is 3. The second kappa shape index (κ2) is 6.14. The zero-order valence-electron chi connectivity index (χ0n) is 10.6. The van der Waals surface area contributed by atoms with Crippen LogP contribution in [0.1, 0.15) is 5.56 Å². The number of halogens is 4. The Hall–Kier alpha value is -2.44. The summed E-state index contributed by atoms with van der Waals surface area (Å²) in [6, 6.07) is 4.64. The van der Waals surface area contributed by atoms with Crippen LogP contribution in [-0.2, 0) is 0 Å². The normalized spacial score (nSPS) is 9.85. The number of rotatable bonds is 0. The largest absolute Gasteiger partial charge is 0.397 e. The van der Waals surface area contributed by atoms with Gasteiger partial charge in [0.05, 0.1) is 11.4 Å². The standard InChI is InChI=1S/C7H9FN2.C6H4F3N/c1-4-2-3-5(9)7(10)6(4)8;7-3-1-2-4(8)6(10)5(3)9/h2-3H,9-10H2,1H3;1-2H,10H2. The molecule has 2 aromatic carbocycles. The molecular formula is C13H13F4N3. The molecule has 0 radical (unpaired) electrons. The van der Waals surface area contributed by atoms with E-state index >= 15 is 0 Å². The van der Waals surface area contributed by atoms with Gasteiger partial charge in [0.25, 0.3) is 0 Å². The first-order valence-corrected chi connectivity index (χ1v) is 5.44. The maximum atomic E-state index is 12.8. The van der Waals surface area contributed by atoms with Crippen LogP contribution in [0, 0.1) is 30.2 Å². The lowest BCUT2D eigenvalue weighted by Gasteiger charge is -2.02. The van der Waals surface area contributed by atoms with Crippen LogP contribution in [0.2, 0.25) is 0 Å². The molecule has 0 unspecified atom stereocenters. The summed E-state index contributed by atoms with van der Waals surface area (Å²) in [4.78, 5) is 0. The molecule has 0 aliphatic heterocycles. The summed E-state index contributed by atoms with van der Waals surface area (Å²) in [6.07, 6.45) is 0. The monoisotopic (exact) mass is 287 g/mol. The minimum absolute atomic E-state index is 0.0417. The lowest BCUT2D eigenvalue weighted by Crippen LogP contribution is -1.99. The lowest BCUT2D eigenvalue weighted by atomic mass is 10.2. The van der Waals surface area contributed by atoms with E-state index in [4.69, 9.17) is 17.2 Å². The van der Waals surface area contributed by atoms with Crippen molar-refractivity contribution in [2.75, 3.05) is 17.2 Å². The third-order valence-electron chi connectivity index (χ3n) is 2.49. The van der Waals surface area contributed by atoms with E-state index in [0.29, 0.717) is 17.3 Å². The lowest BCUT2D eigenvalue weighted by molar-refractivity contribution is 0.500. The van der Waals surface area contributed by atoms with Crippen LogP contribution < -0.4 is 17.2 Å². The Kier molecular flexibility index (Phi) is 4.79. The molecule has 0 heterocycles. The molecule has 0 aliphatic rings. The zero-order chi connectivity index (χ0) is 15.4. The quantitative estimate of drug-likeness (QED) is 0.396. The van der Waals surface area contributed by atoms with Gasteiger partial charge in [-0.05, 0) is 30.7 Å². The minimum atomic E-state index is -1.33. The van der Waals surface area contributed by atoms with E-state index in [2.05, 4.69) is 0 Å². The van der Waals surface area contributed by atoms with Gasteiger partial charge in [-0.15, -0.1) is 0 Å². The summed E-state index contributed by atoms with van der Waals surface area (Å²) >= 11 is 0. The van der Waals surface area contributed by atoms with Crippen LogP contribution >= 0.6 is 0 Å². The van der Waals surface area contributed by atoms with E-state index in [-0.39, 0.29) is 5.69 Å². The van der Waals surface area contributed by atoms with Crippen molar-refractivity contribution >= 4 is 17.1 Å². The number of hydrogen-bond donors (Lipinski definition) is 3. The van der Waals surface area contributed by atoms with Crippen LogP contribution in [0.5, 0.6) is 0 Å². The fourth-order valence-electron chi connectivity index (χ4n) is 1.26. The van der Waals surface area contributed by atoms with Crippen molar-refractivity contribution in [1.82, 2.24) is 0 Å². The summed E-state index contributed by atoms with van der Waals surface area (Å²) in [5, 5.41) is 0. The van der Waals surface area contributed by atoms with Gasteiger partial charge in [-0.3, -0.25) is 0 Å². The number of aryl methyl sites for hydroxylation is 1. The van der Waals surface area contributed by atoms with Crippen molar-refractivity contribution < 1.29 is 17.6 Å². The molecule has 0 saturated carbocycles. The molecule has 2 rings (SSSR count). The molecule has 0 atom stereocenters. The molecule has 108 valence electrons. The highest BCUT2D eigenvalue weighted by atomic mass is 19.2. The molecule has 0 aliphatic carbocycles. The number of hydrogen-bond acceptors (Lipinski definition) is 3. The van der Waals surface area contributed by atoms with Gasteiger partial charge in [0.2, 0.25) is 0 Å². The van der Waals surface area contributed by atoms with Gasteiger partial charge in [0.15, 0.2) is 17.5 Å². The topological polar surface area (TPSA) is 78.1 Å². The predicted molar refractivity (Wildman–Crippen MR) is 70.7 cm³/mol. The van der Waals surface area contributed by atoms with Gasteiger partial charge in [-0.2, -0.15) is 0 Å². The Morgan fingerprint density at radius 3 is 1.75 bits per heavy atom. The molecule has 0 amide bonds. The maximum absolute atomic E-state index is 12.8. The smallest absolute Gasteiger partial charge is 0.184 e. The van der Waals surface area contributed by atoms with E-state index in [9.17, 15) is 17.6 Å². The van der Waals surface area contributed by atoms with Crippen molar-refractivity contribution in [3.63, 3.8) is 0 Å². The van der Waals surface area contributed by atoms with Crippen LogP contribution in [0.15, 0.2) is 24.3 Å². The highest BCUT2D eigenvalue weighted by Gasteiger charge is 2.08. The second-order valence-corrected chi connectivity index (χ2v) is 3.96. The third kappa shape index (κ3) is 3.31. The Bertz CT molecular complexity index is 520. The van der Waals surface area contributed by atoms with Crippen molar-refractivity contribution in [1.29, 1.82) is 0 Å². The van der Waals surface area contributed by atoms with Gasteiger partial charge >= 0.3 is 0 Å². The van der Waals surface area contributed by atoms with E-state index in [1.807, 2.05) is 0 Å². The molecule has 6 N–H and O–H groups in total. The van der Waals surface area contributed by atoms with Crippen molar-refractivity contribution in [2.45, 2.75) is 6.92 Å². The molecule has 0 bridgehead atoms. The molecule has 2 aromatic rings. The van der Waals surface area contributed by atoms with Crippen molar-refractivity contribution in [3.8, 4) is 0 Å². The SMILES string of the molecule is Cc1ccc(N)c(N)c1F.Nc1c(F)ccc(F)c1F. The highest BCUT2D eigenvalue weighted by molar-refractivity contribution is 5.64. The highest BCUT2D eigenvalue weighted by Crippen LogP contribution is 2.20. The fourth-order valence-corrected chi connectivity index (χ4v) is 1.26. The first-order chi connectivity index (χ1) is 9.25. The van der Waals surface area contributed by atoms with E-state index in [0.717, 1.165) is 6.07 Å². The summed E-state index contributed by atoms with van der Waals surface area (Å²) in [5.41, 5.74) is 15.5. The minimum Gasteiger partial charge on any atom is -0.397 e. The maximum Gasteiger partial charge on any atom is 0.184 e. The Morgan fingerprint density at radius 2 is 1.25 bits per heavy atom. The van der Waals surface area contributed by atoms with E-state index < -0.39 is 29.0 Å². The summed E-state index contributed by atoms with van der Waals surface area (Å²) in [7, 11) is 0. The number of anilines is 3. The average molecular weight is 287 g/mol. The summed E-state index contributed by atoms with van der Waals surface area (Å²) in [6.45, 7) is 1.64. The molecule has 0 saturated heterocycles. The first-order valence-electron chi connectivity index (χ1n) is 5.44. The molecule has 20 heavy (non-hydrogen) atoms. The molecule has 0 aromatic heterocycles. The van der Waals surface area contributed by atoms with Crippen LogP contribution in [-0.4, -0.2) is 0 Å². The number of nitrogen functional groups attached to an aromatic ring is 3. The van der Waals surface area contributed by atoms with Gasteiger partial charge in [-0.25, -0.2) is 17.6 Å². The molecule has 3 nitrogen and oxygen atoms in total. The van der Waals surface area contributed by atoms with Gasteiger partial charge in [-0.1, -0.05) is 6.07 Å². The predicted octanol–water partition coefficient (Wildman–Crippen LogP) is 2.98. The summed E-state index contributed by atoms with van der Waals surface area (Å²) in [5.74, 6) is -3.84. The summed E-state index contributed by atoms with van der Waals surface area (Å²) < 4.78 is 49.4. The third-order valence-corrected chi connectivity index (χ3v) is 2.49. The fraction of sp³-hybridized carbons (Fsp3) is 0.0769. The molecule has 7 heteroatoms. The van der Waals surface area contributed by atoms with Crippen molar-refractivity contribution in [2.24, 2.45) is 0 Å². The van der Waals surface area contributed by atoms with E-state index in [1.165, 1.54) is 0 Å². The number of benzene rings is 2. The van der Waals surface area contributed by atoms with Crippen LogP contribution in [0.25, 0.3) is 0 Å². The Balaban J connectivity index is 0.000000200. The molecule has 0 spiro atoms. The zero-order valence-corrected chi connectivity index (χ0v) is 10.6. The second-order valence-electron chi connectivity index (χ2n) is 3.96. The Morgan fingerprint density at radius 1 is 0.700 bits per heavy atom. The average Bonchev–Trinajstić information content (AvgIpc) is 2.43. The van der Waals surface area contributed by atoms with Crippen LogP contribution in [0.3, 0.4) is 0 Å². The first kappa shape index (κ1) is 15.6. The molecular weight excluding hydrogens is 274 g/mol.